The summed E-state index contributed by atoms with van der Waals surface area (Å²) in [7, 11) is 0. The number of nitrogens with zero attached hydrogens (tertiary/aromatic N) is 1. The quantitative estimate of drug-likeness (QED) is 0.715. The van der Waals surface area contributed by atoms with Crippen LogP contribution in [0.15, 0.2) is 41.0 Å². The Morgan fingerprint density at radius 3 is 3.07 bits per heavy atom. The van der Waals surface area contributed by atoms with E-state index in [1.165, 1.54) is 0 Å². The molecule has 14 heavy (non-hydrogen) atoms. The highest BCUT2D eigenvalue weighted by atomic mass is 16.3. The van der Waals surface area contributed by atoms with Crippen LogP contribution in [0.1, 0.15) is 12.0 Å². The minimum absolute atomic E-state index is 0.430. The van der Waals surface area contributed by atoms with Crippen molar-refractivity contribution in [3.05, 3.63) is 42.2 Å². The Kier molecular flexibility index (Phi) is 2.33. The first kappa shape index (κ1) is 8.58. The molecule has 0 aliphatic carbocycles. The summed E-state index contributed by atoms with van der Waals surface area (Å²) in [6, 6.07) is 9.90. The van der Waals surface area contributed by atoms with E-state index in [0.29, 0.717) is 6.42 Å². The summed E-state index contributed by atoms with van der Waals surface area (Å²) in [5.41, 5.74) is 1.90. The number of rotatable bonds is 2. The Bertz CT molecular complexity index is 502. The molecule has 0 aliphatic heterocycles. The van der Waals surface area contributed by atoms with Gasteiger partial charge in [-0.15, -0.1) is 0 Å². The first-order chi connectivity index (χ1) is 6.92. The lowest BCUT2D eigenvalue weighted by Gasteiger charge is -1.87. The average molecular weight is 183 g/mol. The largest absolute Gasteiger partial charge is 0.464 e. The predicted octanol–water partition coefficient (Wildman–Crippen LogP) is 3.36. The van der Waals surface area contributed by atoms with Gasteiger partial charge in [0.2, 0.25) is 0 Å². The van der Waals surface area contributed by atoms with Gasteiger partial charge in [-0.3, -0.25) is 0 Å². The third-order valence-corrected chi connectivity index (χ3v) is 2.02. The van der Waals surface area contributed by atoms with E-state index >= 15 is 0 Å². The van der Waals surface area contributed by atoms with Crippen LogP contribution >= 0.6 is 0 Å². The first-order valence-electron chi connectivity index (χ1n) is 4.41. The summed E-state index contributed by atoms with van der Waals surface area (Å²) >= 11 is 0. The van der Waals surface area contributed by atoms with Crippen molar-refractivity contribution in [3.63, 3.8) is 0 Å². The van der Waals surface area contributed by atoms with E-state index in [1.54, 1.807) is 6.26 Å². The molecule has 0 radical (unpaired) electrons. The third kappa shape index (κ3) is 1.53. The molecule has 0 atom stereocenters. The van der Waals surface area contributed by atoms with Crippen LogP contribution in [-0.2, 0) is 0 Å². The summed E-state index contributed by atoms with van der Waals surface area (Å²) in [6.07, 6.45) is 5.88. The fourth-order valence-corrected chi connectivity index (χ4v) is 1.37. The van der Waals surface area contributed by atoms with Gasteiger partial charge >= 0.3 is 0 Å². The number of nitriles is 1. The molecule has 0 fully saturated rings. The summed E-state index contributed by atoms with van der Waals surface area (Å²) in [4.78, 5) is 0. The molecule has 0 aliphatic rings. The highest BCUT2D eigenvalue weighted by Gasteiger charge is 2.00. The van der Waals surface area contributed by atoms with Crippen LogP contribution < -0.4 is 0 Å². The summed E-state index contributed by atoms with van der Waals surface area (Å²) in [5, 5.41) is 9.47. The number of allylic oxidation sites excluding steroid dienone is 1. The van der Waals surface area contributed by atoms with Crippen molar-refractivity contribution in [2.45, 2.75) is 6.42 Å². The third-order valence-electron chi connectivity index (χ3n) is 2.02. The molecule has 2 aromatic rings. The fourth-order valence-electron chi connectivity index (χ4n) is 1.37. The van der Waals surface area contributed by atoms with Crippen LogP contribution in [0.3, 0.4) is 0 Å². The molecule has 1 heterocycles. The van der Waals surface area contributed by atoms with Crippen molar-refractivity contribution in [3.8, 4) is 6.07 Å². The molecule has 2 rings (SSSR count). The molecule has 0 amide bonds. The lowest BCUT2D eigenvalue weighted by molar-refractivity contribution is 0.615. The molecule has 0 saturated heterocycles. The van der Waals surface area contributed by atoms with Gasteiger partial charge in [0, 0.05) is 10.9 Å². The van der Waals surface area contributed by atoms with Gasteiger partial charge in [0.1, 0.15) is 5.58 Å². The maximum absolute atomic E-state index is 8.38. The van der Waals surface area contributed by atoms with Crippen molar-refractivity contribution in [2.75, 3.05) is 0 Å². The monoisotopic (exact) mass is 183 g/mol. The van der Waals surface area contributed by atoms with Crippen LogP contribution in [0.2, 0.25) is 0 Å². The van der Waals surface area contributed by atoms with Crippen LogP contribution in [-0.4, -0.2) is 0 Å². The Morgan fingerprint density at radius 1 is 1.36 bits per heavy atom. The summed E-state index contributed by atoms with van der Waals surface area (Å²) in [6.45, 7) is 0. The Hall–Kier alpha value is -2.01. The van der Waals surface area contributed by atoms with Crippen molar-refractivity contribution < 1.29 is 4.42 Å². The molecule has 1 aromatic carbocycles. The van der Waals surface area contributed by atoms with E-state index in [4.69, 9.17) is 9.68 Å². The van der Waals surface area contributed by atoms with Gasteiger partial charge in [0.15, 0.2) is 0 Å². The second-order valence-corrected chi connectivity index (χ2v) is 2.95. The number of benzene rings is 1. The molecule has 68 valence electrons. The average Bonchev–Trinajstić information content (AvgIpc) is 2.63. The molecule has 1 aromatic heterocycles. The number of para-hydroxylation sites is 1. The topological polar surface area (TPSA) is 36.9 Å². The lowest BCUT2D eigenvalue weighted by Crippen LogP contribution is -1.67. The van der Waals surface area contributed by atoms with Crippen LogP contribution in [0.5, 0.6) is 0 Å². The van der Waals surface area contributed by atoms with Gasteiger partial charge in [-0.2, -0.15) is 5.26 Å². The molecule has 0 spiro atoms. The predicted molar refractivity (Wildman–Crippen MR) is 55.5 cm³/mol. The molecular weight excluding hydrogens is 174 g/mol. The van der Waals surface area contributed by atoms with Crippen molar-refractivity contribution in [2.24, 2.45) is 0 Å². The molecule has 2 heteroatoms. The minimum atomic E-state index is 0.430. The van der Waals surface area contributed by atoms with Gasteiger partial charge in [0.25, 0.3) is 0 Å². The molecular formula is C12H9NO. The number of fused-ring (bicyclic) bond motifs is 1. The Morgan fingerprint density at radius 2 is 2.21 bits per heavy atom. The Labute approximate surface area is 82.1 Å². The van der Waals surface area contributed by atoms with E-state index < -0.39 is 0 Å². The summed E-state index contributed by atoms with van der Waals surface area (Å²) < 4.78 is 5.35. The van der Waals surface area contributed by atoms with Crippen molar-refractivity contribution in [1.29, 1.82) is 5.26 Å². The van der Waals surface area contributed by atoms with Crippen LogP contribution in [0.4, 0.5) is 0 Å². The van der Waals surface area contributed by atoms with Gasteiger partial charge < -0.3 is 4.42 Å². The second-order valence-electron chi connectivity index (χ2n) is 2.95. The zero-order valence-corrected chi connectivity index (χ0v) is 7.60. The zero-order valence-electron chi connectivity index (χ0n) is 7.60. The highest BCUT2D eigenvalue weighted by Crippen LogP contribution is 2.21. The molecule has 0 bridgehead atoms. The van der Waals surface area contributed by atoms with E-state index in [2.05, 4.69) is 6.07 Å². The molecule has 2 nitrogen and oxygen atoms in total. The van der Waals surface area contributed by atoms with Crippen LogP contribution in [0.25, 0.3) is 17.0 Å². The van der Waals surface area contributed by atoms with E-state index in [1.807, 2.05) is 36.4 Å². The molecule has 0 unspecified atom stereocenters. The number of hydrogen-bond donors (Lipinski definition) is 0. The molecule has 0 N–H and O–H groups in total. The standard InChI is InChI=1S/C12H9NO/c13-8-4-3-5-10-9-14-12-7-2-1-6-11(10)12/h1-3,5-7,9H,4H2. The highest BCUT2D eigenvalue weighted by molar-refractivity contribution is 5.86. The van der Waals surface area contributed by atoms with E-state index in [-0.39, 0.29) is 0 Å². The maximum atomic E-state index is 8.38. The summed E-state index contributed by atoms with van der Waals surface area (Å²) in [5.74, 6) is 0. The van der Waals surface area contributed by atoms with Gasteiger partial charge in [-0.25, -0.2) is 0 Å². The maximum Gasteiger partial charge on any atom is 0.134 e. The zero-order chi connectivity index (χ0) is 9.80. The molecule has 0 saturated carbocycles. The Balaban J connectivity index is 2.39. The number of furan rings is 1. The smallest absolute Gasteiger partial charge is 0.134 e. The van der Waals surface area contributed by atoms with Gasteiger partial charge in [-0.05, 0) is 6.07 Å². The fraction of sp³-hybridized carbons (Fsp3) is 0.0833. The second kappa shape index (κ2) is 3.80. The van der Waals surface area contributed by atoms with Gasteiger partial charge in [0.05, 0.1) is 18.8 Å². The van der Waals surface area contributed by atoms with E-state index in [9.17, 15) is 0 Å². The number of hydrogen-bond acceptors (Lipinski definition) is 2. The lowest BCUT2D eigenvalue weighted by atomic mass is 10.1. The minimum Gasteiger partial charge on any atom is -0.464 e. The first-order valence-corrected chi connectivity index (χ1v) is 4.41. The van der Waals surface area contributed by atoms with Crippen molar-refractivity contribution in [1.82, 2.24) is 0 Å². The van der Waals surface area contributed by atoms with Crippen molar-refractivity contribution >= 4 is 17.0 Å². The SMILES string of the molecule is N#CCC=Cc1coc2ccccc12. The van der Waals surface area contributed by atoms with E-state index in [0.717, 1.165) is 16.5 Å². The van der Waals surface area contributed by atoms with Crippen LogP contribution in [0, 0.1) is 11.3 Å². The van der Waals surface area contributed by atoms with Gasteiger partial charge in [-0.1, -0.05) is 30.4 Å². The normalized spacial score (nSPS) is 10.8.